The fraction of sp³-hybridized carbons (Fsp3) is 0.227. The molecular weight excluding hydrogens is 402 g/mol. The van der Waals surface area contributed by atoms with Gasteiger partial charge in [0.15, 0.2) is 0 Å². The monoisotopic (exact) mass is 423 g/mol. The van der Waals surface area contributed by atoms with E-state index in [2.05, 4.69) is 15.6 Å². The second kappa shape index (κ2) is 8.80. The van der Waals surface area contributed by atoms with E-state index in [1.165, 1.54) is 0 Å². The van der Waals surface area contributed by atoms with Crippen LogP contribution in [-0.2, 0) is 5.75 Å². The molecule has 1 aliphatic rings. The third-order valence-electron chi connectivity index (χ3n) is 4.47. The molecule has 1 aromatic heterocycles. The third-order valence-corrected chi connectivity index (χ3v) is 6.68. The summed E-state index contributed by atoms with van der Waals surface area (Å²) in [6, 6.07) is 14.9. The number of nitrogens with one attached hydrogen (secondary N) is 2. The maximum absolute atomic E-state index is 12.6. The molecule has 1 fully saturated rings. The average Bonchev–Trinajstić information content (AvgIpc) is 3.45. The number of amides is 2. The molecule has 4 rings (SSSR count). The Labute approximate surface area is 178 Å². The summed E-state index contributed by atoms with van der Waals surface area (Å²) in [5.74, 6) is 0.521. The van der Waals surface area contributed by atoms with Crippen LogP contribution in [-0.4, -0.2) is 22.8 Å². The lowest BCUT2D eigenvalue weighted by molar-refractivity contribution is 0.0949. The Morgan fingerprint density at radius 1 is 1.10 bits per heavy atom. The Morgan fingerprint density at radius 2 is 1.90 bits per heavy atom. The highest BCUT2D eigenvalue weighted by Crippen LogP contribution is 2.26. The molecule has 3 aromatic rings. The quantitative estimate of drug-likeness (QED) is 0.531. The number of rotatable bonds is 7. The molecule has 5 nitrogen and oxygen atoms in total. The van der Waals surface area contributed by atoms with Crippen LogP contribution in [0, 0.1) is 6.92 Å². The van der Waals surface area contributed by atoms with Gasteiger partial charge in [0.05, 0.1) is 0 Å². The highest BCUT2D eigenvalue weighted by Gasteiger charge is 2.23. The maximum Gasteiger partial charge on any atom is 0.255 e. The molecule has 1 heterocycles. The van der Waals surface area contributed by atoms with Crippen LogP contribution in [0.25, 0.3) is 0 Å². The fourth-order valence-corrected chi connectivity index (χ4v) is 4.54. The van der Waals surface area contributed by atoms with Crippen molar-refractivity contribution in [2.24, 2.45) is 0 Å². The Bertz CT molecular complexity index is 1030. The van der Waals surface area contributed by atoms with Crippen LogP contribution < -0.4 is 10.6 Å². The molecule has 0 aliphatic heterocycles. The van der Waals surface area contributed by atoms with E-state index in [-0.39, 0.29) is 11.8 Å². The first kappa shape index (κ1) is 19.7. The Kier molecular flexibility index (Phi) is 5.97. The zero-order chi connectivity index (χ0) is 20.2. The third kappa shape index (κ3) is 5.46. The van der Waals surface area contributed by atoms with Gasteiger partial charge < -0.3 is 10.6 Å². The van der Waals surface area contributed by atoms with Crippen LogP contribution >= 0.6 is 23.1 Å². The topological polar surface area (TPSA) is 71.1 Å². The highest BCUT2D eigenvalue weighted by molar-refractivity contribution is 8.00. The van der Waals surface area contributed by atoms with Gasteiger partial charge in [-0.1, -0.05) is 30.0 Å². The van der Waals surface area contributed by atoms with Gasteiger partial charge in [-0.05, 0) is 55.7 Å². The Balaban J connectivity index is 1.35. The summed E-state index contributed by atoms with van der Waals surface area (Å²) >= 11 is 3.34. The normalized spacial score (nSPS) is 13.1. The molecule has 0 radical (unpaired) electrons. The summed E-state index contributed by atoms with van der Waals surface area (Å²) in [5.41, 5.74) is 3.92. The Morgan fingerprint density at radius 3 is 2.59 bits per heavy atom. The average molecular weight is 424 g/mol. The van der Waals surface area contributed by atoms with Gasteiger partial charge in [0.2, 0.25) is 0 Å². The lowest BCUT2D eigenvalue weighted by Gasteiger charge is -2.08. The van der Waals surface area contributed by atoms with Crippen LogP contribution in [0.4, 0.5) is 5.69 Å². The predicted octanol–water partition coefficient (Wildman–Crippen LogP) is 4.89. The minimum absolute atomic E-state index is 0.0964. The van der Waals surface area contributed by atoms with Crippen molar-refractivity contribution < 1.29 is 9.59 Å². The lowest BCUT2D eigenvalue weighted by Crippen LogP contribution is -2.25. The molecule has 148 valence electrons. The summed E-state index contributed by atoms with van der Waals surface area (Å²) in [6.45, 7) is 1.99. The molecule has 1 aliphatic carbocycles. The molecule has 2 aromatic carbocycles. The zero-order valence-electron chi connectivity index (χ0n) is 16.0. The van der Waals surface area contributed by atoms with E-state index in [9.17, 15) is 9.59 Å². The van der Waals surface area contributed by atoms with Gasteiger partial charge in [0.1, 0.15) is 4.34 Å². The number of hydrogen-bond acceptors (Lipinski definition) is 5. The van der Waals surface area contributed by atoms with Crippen molar-refractivity contribution in [3.8, 4) is 0 Å². The number of carbonyl (C=O) groups excluding carboxylic acids is 2. The Hall–Kier alpha value is -2.64. The molecule has 1 saturated carbocycles. The molecule has 0 spiro atoms. The lowest BCUT2D eigenvalue weighted by atomic mass is 10.1. The predicted molar refractivity (Wildman–Crippen MR) is 118 cm³/mol. The number of nitrogens with zero attached hydrogens (tertiary/aromatic N) is 1. The van der Waals surface area contributed by atoms with Crippen LogP contribution in [0.5, 0.6) is 0 Å². The summed E-state index contributed by atoms with van der Waals surface area (Å²) in [4.78, 5) is 29.2. The van der Waals surface area contributed by atoms with Gasteiger partial charge in [-0.15, -0.1) is 11.3 Å². The number of thiazole rings is 1. The highest BCUT2D eigenvalue weighted by atomic mass is 32.2. The minimum Gasteiger partial charge on any atom is -0.349 e. The number of hydrogen-bond donors (Lipinski definition) is 2. The summed E-state index contributed by atoms with van der Waals surface area (Å²) < 4.78 is 1.05. The van der Waals surface area contributed by atoms with E-state index in [0.717, 1.165) is 34.2 Å². The minimum atomic E-state index is -0.195. The second-order valence-corrected chi connectivity index (χ2v) is 9.10. The molecular formula is C22H21N3O2S2. The number of thioether (sulfide) groups is 1. The van der Waals surface area contributed by atoms with E-state index in [0.29, 0.717) is 22.9 Å². The summed E-state index contributed by atoms with van der Waals surface area (Å²) in [7, 11) is 0. The van der Waals surface area contributed by atoms with Crippen LogP contribution in [0.2, 0.25) is 0 Å². The van der Waals surface area contributed by atoms with Gasteiger partial charge in [0.25, 0.3) is 11.8 Å². The zero-order valence-corrected chi connectivity index (χ0v) is 17.6. The number of aromatic nitrogens is 1. The van der Waals surface area contributed by atoms with Crippen molar-refractivity contribution in [1.29, 1.82) is 0 Å². The smallest absolute Gasteiger partial charge is 0.255 e. The molecule has 0 atom stereocenters. The van der Waals surface area contributed by atoms with Crippen molar-refractivity contribution in [3.63, 3.8) is 0 Å². The van der Waals surface area contributed by atoms with Crippen molar-refractivity contribution in [3.05, 3.63) is 76.3 Å². The van der Waals surface area contributed by atoms with Crippen molar-refractivity contribution >= 4 is 40.6 Å². The van der Waals surface area contributed by atoms with Crippen molar-refractivity contribution in [2.45, 2.75) is 35.9 Å². The molecule has 29 heavy (non-hydrogen) atoms. The molecule has 0 unspecified atom stereocenters. The summed E-state index contributed by atoms with van der Waals surface area (Å²) in [5, 5.41) is 7.87. The number of carbonyl (C=O) groups is 2. The van der Waals surface area contributed by atoms with Crippen molar-refractivity contribution in [1.82, 2.24) is 10.3 Å². The number of benzene rings is 2. The fourth-order valence-electron chi connectivity index (χ4n) is 2.73. The molecule has 2 amide bonds. The van der Waals surface area contributed by atoms with Crippen LogP contribution in [0.1, 0.15) is 44.8 Å². The van der Waals surface area contributed by atoms with E-state index >= 15 is 0 Å². The van der Waals surface area contributed by atoms with Gasteiger partial charge in [0, 0.05) is 39.7 Å². The summed E-state index contributed by atoms with van der Waals surface area (Å²) in [6.07, 6.45) is 2.08. The first-order chi connectivity index (χ1) is 14.1. The van der Waals surface area contributed by atoms with Crippen molar-refractivity contribution in [2.75, 3.05) is 5.32 Å². The van der Waals surface area contributed by atoms with Gasteiger partial charge >= 0.3 is 0 Å². The SMILES string of the molecule is Cc1csc(SCc2ccc(C(=O)Nc3cccc(C(=O)NC4CC4)c3)cc2)n1. The molecule has 0 bridgehead atoms. The van der Waals surface area contributed by atoms with E-state index in [1.807, 2.05) is 36.6 Å². The molecule has 7 heteroatoms. The standard InChI is InChI=1S/C22H21N3O2S2/c1-14-12-28-22(23-14)29-13-15-5-7-16(8-6-15)20(26)25-19-4-2-3-17(11-19)21(27)24-18-9-10-18/h2-8,11-12,18H,9-10,13H2,1H3,(H,24,27)(H,25,26). The number of anilines is 1. The van der Waals surface area contributed by atoms with Gasteiger partial charge in [-0.2, -0.15) is 0 Å². The first-order valence-corrected chi connectivity index (χ1v) is 11.3. The van der Waals surface area contributed by atoms with Gasteiger partial charge in [-0.25, -0.2) is 4.98 Å². The van der Waals surface area contributed by atoms with E-state index in [1.54, 1.807) is 47.4 Å². The first-order valence-electron chi connectivity index (χ1n) is 9.43. The number of aryl methyl sites for hydroxylation is 1. The molecule has 0 saturated heterocycles. The van der Waals surface area contributed by atoms with Gasteiger partial charge in [-0.3, -0.25) is 9.59 Å². The van der Waals surface area contributed by atoms with Crippen LogP contribution in [0.3, 0.4) is 0 Å². The maximum atomic E-state index is 12.6. The van der Waals surface area contributed by atoms with E-state index in [4.69, 9.17) is 0 Å². The second-order valence-electron chi connectivity index (χ2n) is 7.02. The van der Waals surface area contributed by atoms with Crippen LogP contribution in [0.15, 0.2) is 58.3 Å². The largest absolute Gasteiger partial charge is 0.349 e. The molecule has 2 N–H and O–H groups in total. The van der Waals surface area contributed by atoms with E-state index < -0.39 is 0 Å².